The van der Waals surface area contributed by atoms with E-state index in [-0.39, 0.29) is 0 Å². The number of benzene rings is 1. The van der Waals surface area contributed by atoms with Crippen LogP contribution in [0.4, 0.5) is 0 Å². The highest BCUT2D eigenvalue weighted by Gasteiger charge is 1.98. The summed E-state index contributed by atoms with van der Waals surface area (Å²) in [5, 5.41) is 7.45. The van der Waals surface area contributed by atoms with Crippen molar-refractivity contribution in [2.24, 2.45) is 10.4 Å². The van der Waals surface area contributed by atoms with Gasteiger partial charge in [0.15, 0.2) is 5.75 Å². The monoisotopic (exact) mass is 250 g/mol. The number of allylic oxidation sites excluding steroid dienone is 8. The maximum absolute atomic E-state index is 5.26. The number of fused-ring (bicyclic) bond motifs is 1. The highest BCUT2D eigenvalue weighted by molar-refractivity contribution is 5.58. The Bertz CT molecular complexity index is 578. The summed E-state index contributed by atoms with van der Waals surface area (Å²) in [7, 11) is 0. The molecule has 3 nitrogen and oxygen atoms in total. The second-order valence-electron chi connectivity index (χ2n) is 3.68. The van der Waals surface area contributed by atoms with Crippen molar-refractivity contribution in [2.45, 2.75) is 0 Å². The molecule has 1 heterocycles. The second-order valence-corrected chi connectivity index (χ2v) is 3.68. The molecular weight excluding hydrogens is 236 g/mol. The van der Waals surface area contributed by atoms with Crippen molar-refractivity contribution in [1.82, 2.24) is 0 Å². The Morgan fingerprint density at radius 3 is 2.26 bits per heavy atom. The molecule has 0 fully saturated rings. The van der Waals surface area contributed by atoms with Crippen LogP contribution in [0.3, 0.4) is 0 Å². The van der Waals surface area contributed by atoms with E-state index in [1.54, 1.807) is 12.3 Å². The Morgan fingerprint density at radius 1 is 0.737 bits per heavy atom. The average Bonchev–Trinajstić information content (AvgIpc) is 2.45. The van der Waals surface area contributed by atoms with Gasteiger partial charge in [-0.05, 0) is 12.1 Å². The van der Waals surface area contributed by atoms with Crippen molar-refractivity contribution in [2.75, 3.05) is 0 Å². The van der Waals surface area contributed by atoms with Gasteiger partial charge in [-0.25, -0.2) is 0 Å². The van der Waals surface area contributed by atoms with E-state index in [0.717, 1.165) is 5.56 Å². The summed E-state index contributed by atoms with van der Waals surface area (Å²) in [5.41, 5.74) is 0.951. The van der Waals surface area contributed by atoms with Gasteiger partial charge in [0.2, 0.25) is 0 Å². The van der Waals surface area contributed by atoms with Crippen LogP contribution in [0.2, 0.25) is 0 Å². The van der Waals surface area contributed by atoms with Crippen molar-refractivity contribution in [1.29, 1.82) is 0 Å². The van der Waals surface area contributed by atoms with Crippen LogP contribution in [0.5, 0.6) is 5.75 Å². The molecule has 0 bridgehead atoms. The Balaban J connectivity index is 2.26. The fraction of sp³-hybridized carbons (Fsp3) is 0. The predicted octanol–water partition coefficient (Wildman–Crippen LogP) is 4.64. The maximum Gasteiger partial charge on any atom is 0.167 e. The molecule has 0 amide bonds. The third-order valence-corrected chi connectivity index (χ3v) is 2.31. The molecule has 2 rings (SSSR count). The van der Waals surface area contributed by atoms with Crippen LogP contribution < -0.4 is 4.84 Å². The zero-order valence-corrected chi connectivity index (χ0v) is 10.4. The average molecular weight is 250 g/mol. The first kappa shape index (κ1) is 12.8. The maximum atomic E-state index is 5.26. The fourth-order valence-electron chi connectivity index (χ4n) is 1.43. The zero-order valence-electron chi connectivity index (χ0n) is 10.4. The van der Waals surface area contributed by atoms with Crippen LogP contribution in [0.25, 0.3) is 6.08 Å². The van der Waals surface area contributed by atoms with E-state index in [2.05, 4.69) is 10.4 Å². The number of rotatable bonds is 0. The van der Waals surface area contributed by atoms with Crippen molar-refractivity contribution >= 4 is 6.08 Å². The molecule has 0 spiro atoms. The van der Waals surface area contributed by atoms with Crippen LogP contribution in [0.15, 0.2) is 89.5 Å². The van der Waals surface area contributed by atoms with Crippen LogP contribution in [0, 0.1) is 0 Å². The lowest BCUT2D eigenvalue weighted by Gasteiger charge is -2.00. The molecule has 0 radical (unpaired) electrons. The van der Waals surface area contributed by atoms with Gasteiger partial charge in [-0.3, -0.25) is 0 Å². The third-order valence-electron chi connectivity index (χ3n) is 2.31. The van der Waals surface area contributed by atoms with Crippen molar-refractivity contribution in [3.63, 3.8) is 0 Å². The zero-order chi connectivity index (χ0) is 13.2. The summed E-state index contributed by atoms with van der Waals surface area (Å²) in [4.78, 5) is 5.26. The van der Waals surface area contributed by atoms with Crippen LogP contribution >= 0.6 is 0 Å². The number of nitrogens with zero attached hydrogens (tertiary/aromatic N) is 2. The number of para-hydroxylation sites is 1. The lowest BCUT2D eigenvalue weighted by Crippen LogP contribution is -1.84. The number of hydrogen-bond acceptors (Lipinski definition) is 3. The second kappa shape index (κ2) is 7.61. The molecule has 0 saturated heterocycles. The first-order valence-electron chi connectivity index (χ1n) is 5.96. The van der Waals surface area contributed by atoms with E-state index in [9.17, 15) is 0 Å². The molecule has 1 aliphatic heterocycles. The highest BCUT2D eigenvalue weighted by Crippen LogP contribution is 2.19. The van der Waals surface area contributed by atoms with Crippen molar-refractivity contribution in [3.05, 3.63) is 84.6 Å². The van der Waals surface area contributed by atoms with Crippen LogP contribution in [-0.4, -0.2) is 0 Å². The molecule has 1 aromatic rings. The standard InChI is InChI=1S/C16H14N2O/c1-2-4-6-10-14-17-18-19-16-13-9-8-12-15(16)11-7-5-3-1/h1-14H/b2-1?,5-3-,6-4?,11-7-,14-10+,18-17?. The molecule has 3 heteroatoms. The van der Waals surface area contributed by atoms with E-state index < -0.39 is 0 Å². The summed E-state index contributed by atoms with van der Waals surface area (Å²) in [6.45, 7) is 0. The molecule has 0 aromatic heterocycles. The van der Waals surface area contributed by atoms with E-state index in [1.807, 2.05) is 72.9 Å². The molecule has 94 valence electrons. The SMILES string of the molecule is C1=C/C=C\C=C/c2ccccc2ON=N/C=C/C=C1. The van der Waals surface area contributed by atoms with Crippen molar-refractivity contribution in [3.8, 4) is 5.75 Å². The topological polar surface area (TPSA) is 34.0 Å². The lowest BCUT2D eigenvalue weighted by atomic mass is 10.2. The highest BCUT2D eigenvalue weighted by atomic mass is 16.6. The predicted molar refractivity (Wildman–Crippen MR) is 77.5 cm³/mol. The Morgan fingerprint density at radius 2 is 1.42 bits per heavy atom. The summed E-state index contributed by atoms with van der Waals surface area (Å²) >= 11 is 0. The fourth-order valence-corrected chi connectivity index (χ4v) is 1.43. The van der Waals surface area contributed by atoms with Crippen LogP contribution in [0.1, 0.15) is 5.56 Å². The molecule has 0 saturated carbocycles. The molecule has 0 atom stereocenters. The van der Waals surface area contributed by atoms with Gasteiger partial charge >= 0.3 is 0 Å². The summed E-state index contributed by atoms with van der Waals surface area (Å²) in [6, 6.07) is 7.66. The molecule has 0 aliphatic carbocycles. The van der Waals surface area contributed by atoms with Gasteiger partial charge in [-0.15, -0.1) is 5.11 Å². The quantitative estimate of drug-likeness (QED) is 0.660. The third kappa shape index (κ3) is 4.60. The minimum atomic E-state index is 0.672. The van der Waals surface area contributed by atoms with Crippen LogP contribution in [-0.2, 0) is 0 Å². The first-order valence-corrected chi connectivity index (χ1v) is 5.96. The van der Waals surface area contributed by atoms with Gasteiger partial charge in [0.25, 0.3) is 0 Å². The van der Waals surface area contributed by atoms with Gasteiger partial charge in [0.05, 0.1) is 6.20 Å². The lowest BCUT2D eigenvalue weighted by molar-refractivity contribution is 0.311. The molecule has 0 unspecified atom stereocenters. The Hall–Kier alpha value is -2.68. The van der Waals surface area contributed by atoms with Gasteiger partial charge < -0.3 is 4.84 Å². The molecule has 19 heavy (non-hydrogen) atoms. The normalized spacial score (nSPS) is 19.6. The number of hydrogen-bond donors (Lipinski definition) is 0. The smallest absolute Gasteiger partial charge is 0.167 e. The largest absolute Gasteiger partial charge is 0.339 e. The Labute approximate surface area is 112 Å². The minimum Gasteiger partial charge on any atom is -0.339 e. The summed E-state index contributed by atoms with van der Waals surface area (Å²) < 4.78 is 0. The van der Waals surface area contributed by atoms with E-state index in [4.69, 9.17) is 4.84 Å². The molecular formula is C16H14N2O. The van der Waals surface area contributed by atoms with E-state index >= 15 is 0 Å². The van der Waals surface area contributed by atoms with E-state index in [0.29, 0.717) is 5.75 Å². The summed E-state index contributed by atoms with van der Waals surface area (Å²) in [6.07, 6.45) is 18.9. The van der Waals surface area contributed by atoms with Crippen molar-refractivity contribution < 1.29 is 4.84 Å². The Kier molecular flexibility index (Phi) is 5.11. The summed E-state index contributed by atoms with van der Waals surface area (Å²) in [5.74, 6) is 0.672. The van der Waals surface area contributed by atoms with Gasteiger partial charge in [-0.1, -0.05) is 66.8 Å². The molecule has 1 aromatic carbocycles. The van der Waals surface area contributed by atoms with Gasteiger partial charge in [-0.2, -0.15) is 0 Å². The molecule has 0 N–H and O–H groups in total. The minimum absolute atomic E-state index is 0.672. The molecule has 1 aliphatic rings. The van der Waals surface area contributed by atoms with Gasteiger partial charge in [0.1, 0.15) is 0 Å². The van der Waals surface area contributed by atoms with Gasteiger partial charge in [0, 0.05) is 10.8 Å². The first-order chi connectivity index (χ1) is 9.47. The van der Waals surface area contributed by atoms with E-state index in [1.165, 1.54) is 0 Å².